The van der Waals surface area contributed by atoms with Crippen LogP contribution in [-0.2, 0) is 9.53 Å². The molecule has 0 radical (unpaired) electrons. The Hall–Kier alpha value is -4.13. The Morgan fingerprint density at radius 3 is 2.63 bits per heavy atom. The number of anilines is 2. The number of hydrogen-bond donors (Lipinski definition) is 2. The van der Waals surface area contributed by atoms with Gasteiger partial charge in [0.05, 0.1) is 60.7 Å². The van der Waals surface area contributed by atoms with Crippen LogP contribution in [0.4, 0.5) is 16.2 Å². The van der Waals surface area contributed by atoms with Crippen molar-refractivity contribution >= 4 is 57.2 Å². The molecule has 2 aromatic heterocycles. The maximum atomic E-state index is 12.8. The second kappa shape index (κ2) is 12.6. The summed E-state index contributed by atoms with van der Waals surface area (Å²) >= 11 is 7.91. The van der Waals surface area contributed by atoms with Crippen LogP contribution < -0.4 is 24.8 Å². The molecule has 0 bridgehead atoms. The van der Waals surface area contributed by atoms with Crippen molar-refractivity contribution in [3.05, 3.63) is 58.5 Å². The Kier molecular flexibility index (Phi) is 8.50. The standard InChI is InChI=1S/C30H30ClN5O6S/c1-39-25-13-21-24(14-26(25)41-10-4-27(37)36-8-6-30(7-9-36)16-40-17-30)32-18-33-28(21)42-20-2-3-23(22(31)12-20)35-29(38)34-19-5-11-43-15-19/h2-3,5,11-15,18H,4,6-10,16-17H2,1H3,(H2,34,35,38). The Labute approximate surface area is 257 Å². The first-order valence-electron chi connectivity index (χ1n) is 13.8. The van der Waals surface area contributed by atoms with Crippen molar-refractivity contribution in [2.75, 3.05) is 50.7 Å². The van der Waals surface area contributed by atoms with E-state index in [1.807, 2.05) is 15.7 Å². The van der Waals surface area contributed by atoms with Gasteiger partial charge < -0.3 is 34.5 Å². The summed E-state index contributed by atoms with van der Waals surface area (Å²) in [7, 11) is 1.54. The van der Waals surface area contributed by atoms with E-state index in [0.29, 0.717) is 44.5 Å². The predicted octanol–water partition coefficient (Wildman–Crippen LogP) is 6.20. The summed E-state index contributed by atoms with van der Waals surface area (Å²) < 4.78 is 23.0. The number of amides is 3. The maximum absolute atomic E-state index is 12.8. The lowest BCUT2D eigenvalue weighted by Gasteiger charge is -2.47. The molecular formula is C30H30ClN5O6S. The molecule has 3 amide bonds. The second-order valence-corrected chi connectivity index (χ2v) is 11.7. The summed E-state index contributed by atoms with van der Waals surface area (Å²) in [4.78, 5) is 35.6. The number of thiophene rings is 1. The molecule has 2 N–H and O–H groups in total. The van der Waals surface area contributed by atoms with Gasteiger partial charge in [-0.05, 0) is 42.5 Å². The van der Waals surface area contributed by atoms with E-state index in [4.69, 9.17) is 30.5 Å². The SMILES string of the molecule is COc1cc2c(Oc3ccc(NC(=O)Nc4ccsc4)c(Cl)c3)ncnc2cc1OCCC(=O)N1CCC2(CC1)COC2. The van der Waals surface area contributed by atoms with Crippen LogP contribution in [0.3, 0.4) is 0 Å². The molecule has 4 heterocycles. The minimum absolute atomic E-state index is 0.0795. The molecule has 11 nitrogen and oxygen atoms in total. The molecule has 0 atom stereocenters. The first kappa shape index (κ1) is 29.0. The van der Waals surface area contributed by atoms with Gasteiger partial charge in [-0.1, -0.05) is 11.6 Å². The minimum atomic E-state index is -0.408. The van der Waals surface area contributed by atoms with E-state index in [1.165, 1.54) is 24.8 Å². The molecular weight excluding hydrogens is 594 g/mol. The van der Waals surface area contributed by atoms with Gasteiger partial charge >= 0.3 is 6.03 Å². The number of nitrogens with zero attached hydrogens (tertiary/aromatic N) is 3. The van der Waals surface area contributed by atoms with Crippen LogP contribution in [0.25, 0.3) is 10.9 Å². The number of methoxy groups -OCH3 is 1. The van der Waals surface area contributed by atoms with Gasteiger partial charge in [0, 0.05) is 36.0 Å². The monoisotopic (exact) mass is 623 g/mol. The van der Waals surface area contributed by atoms with Gasteiger partial charge in [0.2, 0.25) is 11.8 Å². The normalized spacial score (nSPS) is 15.5. The van der Waals surface area contributed by atoms with Crippen molar-refractivity contribution in [3.8, 4) is 23.1 Å². The number of piperidine rings is 1. The topological polar surface area (TPSA) is 124 Å². The van der Waals surface area contributed by atoms with E-state index in [9.17, 15) is 9.59 Å². The van der Waals surface area contributed by atoms with Gasteiger partial charge in [-0.3, -0.25) is 4.79 Å². The van der Waals surface area contributed by atoms with Crippen molar-refractivity contribution in [1.82, 2.24) is 14.9 Å². The third-order valence-corrected chi connectivity index (χ3v) is 8.63. The zero-order chi connectivity index (χ0) is 29.8. The highest BCUT2D eigenvalue weighted by Gasteiger charge is 2.41. The first-order valence-corrected chi connectivity index (χ1v) is 15.1. The number of nitrogens with one attached hydrogen (secondary N) is 2. The number of urea groups is 1. The Morgan fingerprint density at radius 2 is 1.93 bits per heavy atom. The molecule has 13 heteroatoms. The van der Waals surface area contributed by atoms with Gasteiger partial charge in [0.15, 0.2) is 11.5 Å². The number of rotatable bonds is 9. The Bertz CT molecular complexity index is 1620. The van der Waals surface area contributed by atoms with Crippen molar-refractivity contribution in [1.29, 1.82) is 0 Å². The fourth-order valence-electron chi connectivity index (χ4n) is 5.10. The van der Waals surface area contributed by atoms with Crippen molar-refractivity contribution in [2.24, 2.45) is 5.41 Å². The van der Waals surface area contributed by atoms with Crippen LogP contribution in [0.1, 0.15) is 19.3 Å². The summed E-state index contributed by atoms with van der Waals surface area (Å²) in [6, 6.07) is 9.77. The number of ether oxygens (including phenoxy) is 4. The Morgan fingerprint density at radius 1 is 1.09 bits per heavy atom. The highest BCUT2D eigenvalue weighted by molar-refractivity contribution is 7.08. The fraction of sp³-hybridized carbons (Fsp3) is 0.333. The fourth-order valence-corrected chi connectivity index (χ4v) is 5.91. The van der Waals surface area contributed by atoms with Crippen LogP contribution >= 0.6 is 22.9 Å². The lowest BCUT2D eigenvalue weighted by atomic mass is 9.77. The lowest BCUT2D eigenvalue weighted by molar-refractivity contribution is -0.153. The van der Waals surface area contributed by atoms with E-state index in [1.54, 1.807) is 36.4 Å². The molecule has 224 valence electrons. The second-order valence-electron chi connectivity index (χ2n) is 10.5. The first-order chi connectivity index (χ1) is 20.9. The van der Waals surface area contributed by atoms with Crippen LogP contribution in [0.15, 0.2) is 53.5 Å². The smallest absolute Gasteiger partial charge is 0.323 e. The van der Waals surface area contributed by atoms with Crippen molar-refractivity contribution in [2.45, 2.75) is 19.3 Å². The molecule has 2 aromatic carbocycles. The number of fused-ring (bicyclic) bond motifs is 1. The summed E-state index contributed by atoms with van der Waals surface area (Å²) in [5.41, 5.74) is 1.98. The summed E-state index contributed by atoms with van der Waals surface area (Å²) in [6.07, 6.45) is 3.63. The zero-order valence-electron chi connectivity index (χ0n) is 23.4. The maximum Gasteiger partial charge on any atom is 0.323 e. The number of hydrogen-bond acceptors (Lipinski definition) is 9. The molecule has 2 saturated heterocycles. The average Bonchev–Trinajstić information content (AvgIpc) is 3.50. The summed E-state index contributed by atoms with van der Waals surface area (Å²) in [5.74, 6) is 1.71. The quantitative estimate of drug-likeness (QED) is 0.226. The van der Waals surface area contributed by atoms with Crippen LogP contribution in [-0.4, -0.2) is 66.8 Å². The van der Waals surface area contributed by atoms with E-state index < -0.39 is 6.03 Å². The average molecular weight is 624 g/mol. The highest BCUT2D eigenvalue weighted by Crippen LogP contribution is 2.39. The highest BCUT2D eigenvalue weighted by atomic mass is 35.5. The number of benzene rings is 2. The Balaban J connectivity index is 1.09. The molecule has 6 rings (SSSR count). The van der Waals surface area contributed by atoms with Gasteiger partial charge in [-0.2, -0.15) is 11.3 Å². The van der Waals surface area contributed by atoms with E-state index in [0.717, 1.165) is 39.1 Å². The largest absolute Gasteiger partial charge is 0.493 e. The molecule has 0 unspecified atom stereocenters. The van der Waals surface area contributed by atoms with Crippen LogP contribution in [0.2, 0.25) is 5.02 Å². The molecule has 43 heavy (non-hydrogen) atoms. The molecule has 2 aliphatic rings. The van der Waals surface area contributed by atoms with E-state index >= 15 is 0 Å². The number of carbonyl (C=O) groups excluding carboxylic acids is 2. The lowest BCUT2D eigenvalue weighted by Crippen LogP contribution is -2.52. The predicted molar refractivity (Wildman–Crippen MR) is 164 cm³/mol. The summed E-state index contributed by atoms with van der Waals surface area (Å²) in [6.45, 7) is 3.35. The molecule has 0 saturated carbocycles. The third-order valence-electron chi connectivity index (χ3n) is 7.63. The van der Waals surface area contributed by atoms with Crippen molar-refractivity contribution in [3.63, 3.8) is 0 Å². The van der Waals surface area contributed by atoms with Gasteiger partial charge in [-0.15, -0.1) is 0 Å². The molecule has 2 aliphatic heterocycles. The molecule has 2 fully saturated rings. The molecule has 4 aromatic rings. The van der Waals surface area contributed by atoms with Crippen LogP contribution in [0, 0.1) is 5.41 Å². The number of carbonyl (C=O) groups is 2. The minimum Gasteiger partial charge on any atom is -0.493 e. The summed E-state index contributed by atoms with van der Waals surface area (Å²) in [5, 5.41) is 10.0. The van der Waals surface area contributed by atoms with Gasteiger partial charge in [0.1, 0.15) is 12.1 Å². The number of likely N-dealkylation sites (tertiary alicyclic amines) is 1. The number of halogens is 1. The number of aromatic nitrogens is 2. The van der Waals surface area contributed by atoms with Crippen LogP contribution in [0.5, 0.6) is 23.1 Å². The van der Waals surface area contributed by atoms with E-state index in [-0.39, 0.29) is 30.2 Å². The van der Waals surface area contributed by atoms with Crippen molar-refractivity contribution < 1.29 is 28.5 Å². The van der Waals surface area contributed by atoms with E-state index in [2.05, 4.69) is 20.6 Å². The van der Waals surface area contributed by atoms with Gasteiger partial charge in [0.25, 0.3) is 0 Å². The zero-order valence-corrected chi connectivity index (χ0v) is 25.0. The molecule has 0 aliphatic carbocycles. The third kappa shape index (κ3) is 6.61. The van der Waals surface area contributed by atoms with Gasteiger partial charge in [-0.25, -0.2) is 14.8 Å². The molecule has 1 spiro atoms.